The van der Waals surface area contributed by atoms with Gasteiger partial charge in [0.1, 0.15) is 11.6 Å². The molecule has 0 unspecified atom stereocenters. The predicted molar refractivity (Wildman–Crippen MR) is 101 cm³/mol. The van der Waals surface area contributed by atoms with Crippen molar-refractivity contribution in [2.45, 2.75) is 38.9 Å². The molecule has 0 N–H and O–H groups in total. The van der Waals surface area contributed by atoms with Crippen molar-refractivity contribution >= 4 is 11.5 Å². The van der Waals surface area contributed by atoms with Gasteiger partial charge in [-0.2, -0.15) is 5.10 Å². The first kappa shape index (κ1) is 18.8. The van der Waals surface area contributed by atoms with Crippen molar-refractivity contribution in [3.8, 4) is 0 Å². The Morgan fingerprint density at radius 2 is 1.96 bits per heavy atom. The lowest BCUT2D eigenvalue weighted by Crippen LogP contribution is -2.36. The quantitative estimate of drug-likeness (QED) is 0.790. The number of amides is 1. The van der Waals surface area contributed by atoms with E-state index in [2.05, 4.69) is 5.10 Å². The molecule has 4 rings (SSSR count). The molecule has 0 radical (unpaired) electrons. The van der Waals surface area contributed by atoms with Gasteiger partial charge in [0.05, 0.1) is 17.9 Å². The zero-order valence-corrected chi connectivity index (χ0v) is 16.2. The van der Waals surface area contributed by atoms with E-state index in [1.165, 1.54) is 18.2 Å². The molecule has 0 fully saturated rings. The van der Waals surface area contributed by atoms with Gasteiger partial charge in [-0.25, -0.2) is 8.78 Å². The Kier molecular flexibility index (Phi) is 4.79. The number of benzene rings is 1. The topological polar surface area (TPSA) is 47.4 Å². The van der Waals surface area contributed by atoms with Crippen LogP contribution in [-0.4, -0.2) is 39.8 Å². The van der Waals surface area contributed by atoms with E-state index in [1.807, 2.05) is 20.9 Å². The summed E-state index contributed by atoms with van der Waals surface area (Å²) >= 11 is 0. The monoisotopic (exact) mass is 387 g/mol. The number of hydrogen-bond donors (Lipinski definition) is 0. The maximum Gasteiger partial charge on any atom is 0.274 e. The first-order chi connectivity index (χ1) is 13.4. The molecule has 5 nitrogen and oxygen atoms in total. The molecular weight excluding hydrogens is 364 g/mol. The van der Waals surface area contributed by atoms with Gasteiger partial charge in [-0.3, -0.25) is 9.48 Å². The number of hydrogen-bond acceptors (Lipinski definition) is 3. The van der Waals surface area contributed by atoms with Crippen molar-refractivity contribution in [3.63, 3.8) is 0 Å². The molecule has 2 aliphatic heterocycles. The Bertz CT molecular complexity index is 947. The lowest BCUT2D eigenvalue weighted by Gasteiger charge is -2.28. The molecule has 0 aliphatic carbocycles. The van der Waals surface area contributed by atoms with E-state index >= 15 is 0 Å². The van der Waals surface area contributed by atoms with E-state index in [0.29, 0.717) is 37.2 Å². The summed E-state index contributed by atoms with van der Waals surface area (Å²) < 4.78 is 35.6. The summed E-state index contributed by atoms with van der Waals surface area (Å²) in [6.07, 6.45) is 2.68. The highest BCUT2D eigenvalue weighted by Gasteiger charge is 2.33. The maximum absolute atomic E-state index is 14.0. The Labute approximate surface area is 162 Å². The Morgan fingerprint density at radius 1 is 1.25 bits per heavy atom. The largest absolute Gasteiger partial charge is 0.369 e. The van der Waals surface area contributed by atoms with Gasteiger partial charge in [-0.1, -0.05) is 12.1 Å². The molecule has 148 valence electrons. The van der Waals surface area contributed by atoms with E-state index in [9.17, 15) is 13.6 Å². The van der Waals surface area contributed by atoms with Crippen LogP contribution in [0.15, 0.2) is 24.3 Å². The molecule has 0 saturated carbocycles. The molecule has 1 amide bonds. The number of ether oxygens (including phenoxy) is 1. The number of aromatic nitrogens is 2. The number of aryl methyl sites for hydroxylation is 1. The molecule has 1 aromatic carbocycles. The molecule has 0 bridgehead atoms. The van der Waals surface area contributed by atoms with Gasteiger partial charge in [0.2, 0.25) is 0 Å². The molecule has 2 aliphatic rings. The Hall–Kier alpha value is -2.54. The molecule has 0 spiro atoms. The lowest BCUT2D eigenvalue weighted by molar-refractivity contribution is -0.00906. The number of nitrogens with zero attached hydrogens (tertiary/aromatic N) is 3. The molecule has 3 heterocycles. The van der Waals surface area contributed by atoms with E-state index in [1.54, 1.807) is 15.7 Å². The predicted octanol–water partition coefficient (Wildman–Crippen LogP) is 3.65. The summed E-state index contributed by atoms with van der Waals surface area (Å²) in [5.74, 6) is -1.30. The fourth-order valence-corrected chi connectivity index (χ4v) is 4.25. The van der Waals surface area contributed by atoms with Crippen molar-refractivity contribution in [1.82, 2.24) is 14.7 Å². The number of rotatable bonds is 2. The second-order valence-electron chi connectivity index (χ2n) is 7.46. The van der Waals surface area contributed by atoms with E-state index in [-0.39, 0.29) is 23.7 Å². The first-order valence-corrected chi connectivity index (χ1v) is 9.50. The molecule has 1 aromatic heterocycles. The highest BCUT2D eigenvalue weighted by Crippen LogP contribution is 2.33. The summed E-state index contributed by atoms with van der Waals surface area (Å²) in [5, 5.41) is 4.46. The van der Waals surface area contributed by atoms with Gasteiger partial charge in [0, 0.05) is 37.7 Å². The first-order valence-electron chi connectivity index (χ1n) is 9.50. The average Bonchev–Trinajstić information content (AvgIpc) is 2.98. The number of carbonyl (C=O) groups excluding carboxylic acids is 1. The number of fused-ring (bicyclic) bond motifs is 1. The van der Waals surface area contributed by atoms with Gasteiger partial charge in [-0.05, 0) is 38.0 Å². The van der Waals surface area contributed by atoms with Gasteiger partial charge >= 0.3 is 0 Å². The fraction of sp³-hybridized carbons (Fsp3) is 0.429. The minimum atomic E-state index is -0.576. The fourth-order valence-electron chi connectivity index (χ4n) is 4.25. The van der Waals surface area contributed by atoms with Crippen LogP contribution in [0, 0.1) is 11.6 Å². The van der Waals surface area contributed by atoms with Crippen molar-refractivity contribution in [2.75, 3.05) is 13.1 Å². The molecule has 7 heteroatoms. The molecule has 0 saturated heterocycles. The van der Waals surface area contributed by atoms with Crippen LogP contribution in [0.2, 0.25) is 0 Å². The standard InChI is InChI=1S/C21H23F2N3O2/c1-12-11-15-19(24-25(3)20(15)13(2)28-12)21(27)26-9-7-14(8-10-26)18-16(22)5-4-6-17(18)23/h4-7,12-13H,8-11H2,1-3H3/t12-,13+/m1/s1. The smallest absolute Gasteiger partial charge is 0.274 e. The van der Waals surface area contributed by atoms with Gasteiger partial charge < -0.3 is 9.64 Å². The third kappa shape index (κ3) is 3.13. The number of halogens is 2. The van der Waals surface area contributed by atoms with Crippen LogP contribution in [0.4, 0.5) is 8.78 Å². The number of carbonyl (C=O) groups is 1. The SMILES string of the molecule is C[C@@H]1Cc2c(C(=O)N3CC=C(c4c(F)cccc4F)CC3)nn(C)c2[C@H](C)O1. The Morgan fingerprint density at radius 3 is 2.61 bits per heavy atom. The van der Waals surface area contributed by atoms with Crippen molar-refractivity contribution in [2.24, 2.45) is 7.05 Å². The summed E-state index contributed by atoms with van der Waals surface area (Å²) in [4.78, 5) is 14.8. The van der Waals surface area contributed by atoms with Crippen LogP contribution in [0.25, 0.3) is 5.57 Å². The van der Waals surface area contributed by atoms with Crippen molar-refractivity contribution < 1.29 is 18.3 Å². The average molecular weight is 387 g/mol. The van der Waals surface area contributed by atoms with E-state index < -0.39 is 11.6 Å². The molecule has 28 heavy (non-hydrogen) atoms. The summed E-state index contributed by atoms with van der Waals surface area (Å²) in [7, 11) is 1.82. The van der Waals surface area contributed by atoms with E-state index in [4.69, 9.17) is 4.74 Å². The highest BCUT2D eigenvalue weighted by atomic mass is 19.1. The highest BCUT2D eigenvalue weighted by molar-refractivity contribution is 5.94. The third-order valence-electron chi connectivity index (χ3n) is 5.49. The van der Waals surface area contributed by atoms with Gasteiger partial charge in [0.25, 0.3) is 5.91 Å². The summed E-state index contributed by atoms with van der Waals surface area (Å²) in [5.41, 5.74) is 2.92. The minimum absolute atomic E-state index is 0.00427. The summed E-state index contributed by atoms with van der Waals surface area (Å²) in [6, 6.07) is 3.85. The van der Waals surface area contributed by atoms with Crippen LogP contribution < -0.4 is 0 Å². The van der Waals surface area contributed by atoms with Crippen molar-refractivity contribution in [1.29, 1.82) is 0 Å². The van der Waals surface area contributed by atoms with Gasteiger partial charge in [0.15, 0.2) is 5.69 Å². The molecule has 2 aromatic rings. The molecular formula is C21H23F2N3O2. The van der Waals surface area contributed by atoms with Gasteiger partial charge in [-0.15, -0.1) is 0 Å². The molecule has 2 atom stereocenters. The van der Waals surface area contributed by atoms with Crippen LogP contribution in [0.3, 0.4) is 0 Å². The summed E-state index contributed by atoms with van der Waals surface area (Å²) in [6.45, 7) is 4.64. The maximum atomic E-state index is 14.0. The van der Waals surface area contributed by atoms with Crippen LogP contribution >= 0.6 is 0 Å². The van der Waals surface area contributed by atoms with Crippen LogP contribution in [0.5, 0.6) is 0 Å². The van der Waals surface area contributed by atoms with Crippen LogP contribution in [-0.2, 0) is 18.2 Å². The Balaban J connectivity index is 1.59. The lowest BCUT2D eigenvalue weighted by atomic mass is 9.97. The zero-order valence-electron chi connectivity index (χ0n) is 16.2. The van der Waals surface area contributed by atoms with E-state index in [0.717, 1.165) is 11.3 Å². The second kappa shape index (κ2) is 7.13. The third-order valence-corrected chi connectivity index (χ3v) is 5.49. The zero-order chi connectivity index (χ0) is 20.0. The second-order valence-corrected chi connectivity index (χ2v) is 7.46. The normalized spacial score (nSPS) is 22.0. The van der Waals surface area contributed by atoms with Crippen LogP contribution in [0.1, 0.15) is 53.7 Å². The van der Waals surface area contributed by atoms with Crippen molar-refractivity contribution in [3.05, 3.63) is 58.4 Å². The minimum Gasteiger partial charge on any atom is -0.369 e.